The molecule has 0 radical (unpaired) electrons. The van der Waals surface area contributed by atoms with Gasteiger partial charge in [0.1, 0.15) is 19.8 Å². The number of fused-ring (bicyclic) bond motifs is 1. The molecule has 1 aliphatic heterocycles. The van der Waals surface area contributed by atoms with E-state index in [0.29, 0.717) is 47.5 Å². The minimum Gasteiger partial charge on any atom is -0.493 e. The van der Waals surface area contributed by atoms with Gasteiger partial charge in [0, 0.05) is 17.7 Å². The largest absolute Gasteiger partial charge is 0.493 e. The first-order chi connectivity index (χ1) is 15.0. The minimum absolute atomic E-state index is 0.161. The van der Waals surface area contributed by atoms with Gasteiger partial charge in [0.25, 0.3) is 0 Å². The number of anilines is 1. The summed E-state index contributed by atoms with van der Waals surface area (Å²) in [4.78, 5) is 24.8. The van der Waals surface area contributed by atoms with E-state index < -0.39 is 11.7 Å². The van der Waals surface area contributed by atoms with Crippen molar-refractivity contribution in [3.63, 3.8) is 0 Å². The second-order valence-electron chi connectivity index (χ2n) is 6.45. The van der Waals surface area contributed by atoms with Gasteiger partial charge in [-0.25, -0.2) is 9.36 Å². The molecule has 10 nitrogen and oxygen atoms in total. The number of amides is 1. The number of benzene rings is 2. The second kappa shape index (κ2) is 8.60. The molecule has 0 spiro atoms. The van der Waals surface area contributed by atoms with Crippen molar-refractivity contribution in [2.24, 2.45) is 0 Å². The zero-order valence-corrected chi connectivity index (χ0v) is 17.4. The molecule has 2 heterocycles. The second-order valence-corrected chi connectivity index (χ2v) is 6.86. The Morgan fingerprint density at radius 3 is 2.55 bits per heavy atom. The molecule has 0 bridgehead atoms. The van der Waals surface area contributed by atoms with E-state index in [1.54, 1.807) is 30.3 Å². The van der Waals surface area contributed by atoms with Crippen molar-refractivity contribution < 1.29 is 28.3 Å². The lowest BCUT2D eigenvalue weighted by Gasteiger charge is -2.20. The van der Waals surface area contributed by atoms with Gasteiger partial charge in [-0.2, -0.15) is 0 Å². The molecule has 1 N–H and O–H groups in total. The van der Waals surface area contributed by atoms with E-state index in [2.05, 4.69) is 10.5 Å². The van der Waals surface area contributed by atoms with Gasteiger partial charge in [-0.1, -0.05) is 16.8 Å². The number of halogens is 1. The fraction of sp³-hybridized carbons (Fsp3) is 0.250. The minimum atomic E-state index is -0.784. The number of ether oxygens (including phenoxy) is 4. The molecule has 0 saturated heterocycles. The highest BCUT2D eigenvalue weighted by atomic mass is 35.5. The van der Waals surface area contributed by atoms with Crippen LogP contribution in [0.2, 0.25) is 5.02 Å². The third-order valence-corrected chi connectivity index (χ3v) is 4.85. The molecule has 1 aromatic heterocycles. The standard InChI is InChI=1S/C20H18ClN3O7/c1-27-14-4-3-11(7-15(14)28-2)19-23-31-20(26)24(19)10-18(25)22-13-9-17-16(8-12(13)21)29-5-6-30-17/h3-4,7-9H,5-6,10H2,1-2H3,(H,22,25). The van der Waals surface area contributed by atoms with Gasteiger partial charge >= 0.3 is 5.76 Å². The SMILES string of the molecule is COc1ccc(-c2noc(=O)n2CC(=O)Nc2cc3c(cc2Cl)OCCO3)cc1OC. The van der Waals surface area contributed by atoms with Crippen LogP contribution in [0.5, 0.6) is 23.0 Å². The van der Waals surface area contributed by atoms with Gasteiger partial charge in [-0.3, -0.25) is 9.32 Å². The summed E-state index contributed by atoms with van der Waals surface area (Å²) in [6.45, 7) is 0.466. The van der Waals surface area contributed by atoms with Crippen LogP contribution in [0.1, 0.15) is 0 Å². The summed E-state index contributed by atoms with van der Waals surface area (Å²) in [5.41, 5.74) is 0.835. The molecule has 2 aromatic carbocycles. The Morgan fingerprint density at radius 2 is 1.84 bits per heavy atom. The van der Waals surface area contributed by atoms with E-state index >= 15 is 0 Å². The summed E-state index contributed by atoms with van der Waals surface area (Å²) in [5, 5.41) is 6.73. The Hall–Kier alpha value is -3.66. The number of carbonyl (C=O) groups is 1. The molecular formula is C20H18ClN3O7. The number of hydrogen-bond acceptors (Lipinski definition) is 8. The summed E-state index contributed by atoms with van der Waals surface area (Å²) >= 11 is 6.23. The zero-order chi connectivity index (χ0) is 22.0. The monoisotopic (exact) mass is 447 g/mol. The van der Waals surface area contributed by atoms with Crippen molar-refractivity contribution in [1.29, 1.82) is 0 Å². The van der Waals surface area contributed by atoms with Gasteiger partial charge in [-0.05, 0) is 18.2 Å². The average Bonchev–Trinajstić information content (AvgIpc) is 3.13. The summed E-state index contributed by atoms with van der Waals surface area (Å²) < 4.78 is 27.3. The van der Waals surface area contributed by atoms with Crippen LogP contribution in [0.4, 0.5) is 5.69 Å². The Balaban J connectivity index is 1.58. The molecule has 4 rings (SSSR count). The molecule has 0 unspecified atom stereocenters. The van der Waals surface area contributed by atoms with Gasteiger partial charge in [0.2, 0.25) is 5.91 Å². The highest BCUT2D eigenvalue weighted by Crippen LogP contribution is 2.38. The van der Waals surface area contributed by atoms with Crippen LogP contribution in [0.3, 0.4) is 0 Å². The topological polar surface area (TPSA) is 114 Å². The summed E-state index contributed by atoms with van der Waals surface area (Å²) in [6, 6.07) is 8.09. The quantitative estimate of drug-likeness (QED) is 0.613. The van der Waals surface area contributed by atoms with Crippen LogP contribution >= 0.6 is 11.6 Å². The highest BCUT2D eigenvalue weighted by molar-refractivity contribution is 6.34. The molecule has 3 aromatic rings. The lowest BCUT2D eigenvalue weighted by molar-refractivity contribution is -0.116. The van der Waals surface area contributed by atoms with E-state index in [1.807, 2.05) is 0 Å². The third-order valence-electron chi connectivity index (χ3n) is 4.54. The first-order valence-electron chi connectivity index (χ1n) is 9.18. The zero-order valence-electron chi connectivity index (χ0n) is 16.6. The van der Waals surface area contributed by atoms with Gasteiger partial charge in [0.05, 0.1) is 24.9 Å². The van der Waals surface area contributed by atoms with E-state index in [0.717, 1.165) is 4.57 Å². The van der Waals surface area contributed by atoms with E-state index in [-0.39, 0.29) is 17.4 Å². The first kappa shape index (κ1) is 20.6. The average molecular weight is 448 g/mol. The molecular weight excluding hydrogens is 430 g/mol. The Bertz CT molecular complexity index is 1190. The van der Waals surface area contributed by atoms with Crippen LogP contribution in [0.25, 0.3) is 11.4 Å². The van der Waals surface area contributed by atoms with Gasteiger partial charge < -0.3 is 24.3 Å². The van der Waals surface area contributed by atoms with Crippen molar-refractivity contribution in [3.8, 4) is 34.4 Å². The van der Waals surface area contributed by atoms with Crippen LogP contribution in [0.15, 0.2) is 39.6 Å². The van der Waals surface area contributed by atoms with Gasteiger partial charge in [-0.15, -0.1) is 0 Å². The number of rotatable bonds is 6. The Morgan fingerprint density at radius 1 is 1.13 bits per heavy atom. The van der Waals surface area contributed by atoms with Crippen molar-refractivity contribution >= 4 is 23.2 Å². The van der Waals surface area contributed by atoms with Crippen molar-refractivity contribution in [3.05, 3.63) is 45.9 Å². The van der Waals surface area contributed by atoms with Crippen LogP contribution in [-0.4, -0.2) is 43.1 Å². The third kappa shape index (κ3) is 4.15. The number of carbonyl (C=O) groups excluding carboxylic acids is 1. The Kier molecular flexibility index (Phi) is 5.72. The number of methoxy groups -OCH3 is 2. The predicted molar refractivity (Wildman–Crippen MR) is 110 cm³/mol. The lowest BCUT2D eigenvalue weighted by atomic mass is 10.2. The summed E-state index contributed by atoms with van der Waals surface area (Å²) in [6.07, 6.45) is 0. The summed E-state index contributed by atoms with van der Waals surface area (Å²) in [5.74, 6) is 0.789. The number of nitrogens with zero attached hydrogens (tertiary/aromatic N) is 2. The molecule has 11 heteroatoms. The molecule has 0 saturated carbocycles. The van der Waals surface area contributed by atoms with Crippen LogP contribution in [-0.2, 0) is 11.3 Å². The maximum atomic E-state index is 12.6. The van der Waals surface area contributed by atoms with Crippen molar-refractivity contribution in [1.82, 2.24) is 9.72 Å². The molecule has 0 fully saturated rings. The van der Waals surface area contributed by atoms with Crippen LogP contribution in [0, 0.1) is 0 Å². The van der Waals surface area contributed by atoms with Crippen molar-refractivity contribution in [2.45, 2.75) is 6.54 Å². The van der Waals surface area contributed by atoms with Crippen LogP contribution < -0.4 is 30.0 Å². The summed E-state index contributed by atoms with van der Waals surface area (Å²) in [7, 11) is 3.00. The predicted octanol–water partition coefficient (Wildman–Crippen LogP) is 2.58. The molecule has 0 atom stereocenters. The lowest BCUT2D eigenvalue weighted by Crippen LogP contribution is -2.26. The molecule has 1 aliphatic rings. The van der Waals surface area contributed by atoms with E-state index in [1.165, 1.54) is 14.2 Å². The molecule has 162 valence electrons. The molecule has 0 aliphatic carbocycles. The fourth-order valence-electron chi connectivity index (χ4n) is 3.08. The van der Waals surface area contributed by atoms with E-state index in [9.17, 15) is 9.59 Å². The Labute approximate surface area is 181 Å². The molecule has 31 heavy (non-hydrogen) atoms. The molecule has 1 amide bonds. The maximum Gasteiger partial charge on any atom is 0.442 e. The number of nitrogens with one attached hydrogen (secondary N) is 1. The number of hydrogen-bond donors (Lipinski definition) is 1. The van der Waals surface area contributed by atoms with E-state index in [4.69, 9.17) is 35.1 Å². The highest BCUT2D eigenvalue weighted by Gasteiger charge is 2.20. The fourth-order valence-corrected chi connectivity index (χ4v) is 3.28. The van der Waals surface area contributed by atoms with Crippen molar-refractivity contribution in [2.75, 3.05) is 32.8 Å². The smallest absolute Gasteiger partial charge is 0.442 e. The first-order valence-corrected chi connectivity index (χ1v) is 9.56. The maximum absolute atomic E-state index is 12.6. The van der Waals surface area contributed by atoms with Gasteiger partial charge in [0.15, 0.2) is 28.8 Å². The normalized spacial score (nSPS) is 12.4. The number of aromatic nitrogens is 2.